The lowest BCUT2D eigenvalue weighted by atomic mass is 9.95. The van der Waals surface area contributed by atoms with Crippen molar-refractivity contribution in [3.05, 3.63) is 72.3 Å². The van der Waals surface area contributed by atoms with Gasteiger partial charge in [-0.25, -0.2) is 0 Å². The molecular weight excluding hydrogens is 342 g/mol. The van der Waals surface area contributed by atoms with Crippen molar-refractivity contribution in [2.75, 3.05) is 11.9 Å². The third-order valence-electron chi connectivity index (χ3n) is 4.33. The topological polar surface area (TPSA) is 64.6 Å². The molecule has 2 aromatic carbocycles. The van der Waals surface area contributed by atoms with Crippen LogP contribution in [0.4, 0.5) is 5.69 Å². The van der Waals surface area contributed by atoms with Crippen LogP contribution in [0.3, 0.4) is 0 Å². The summed E-state index contributed by atoms with van der Waals surface area (Å²) in [6, 6.07) is 17.0. The maximum Gasteiger partial charge on any atom is 0.309 e. The predicted octanol–water partition coefficient (Wildman–Crippen LogP) is 4.10. The highest BCUT2D eigenvalue weighted by molar-refractivity contribution is 5.92. The summed E-state index contributed by atoms with van der Waals surface area (Å²) in [4.78, 5) is 23.9. The van der Waals surface area contributed by atoms with Gasteiger partial charge in [0.1, 0.15) is 12.4 Å². The van der Waals surface area contributed by atoms with Crippen molar-refractivity contribution >= 4 is 17.6 Å². The Balaban J connectivity index is 1.41. The average Bonchev–Trinajstić information content (AvgIpc) is 2.73. The number of hydrogen-bond donors (Lipinski definition) is 1. The monoisotopic (exact) mass is 365 g/mol. The third-order valence-corrected chi connectivity index (χ3v) is 4.33. The van der Waals surface area contributed by atoms with E-state index in [2.05, 4.69) is 11.4 Å². The van der Waals surface area contributed by atoms with Crippen molar-refractivity contribution in [2.45, 2.75) is 25.9 Å². The zero-order valence-electron chi connectivity index (χ0n) is 15.1. The average molecular weight is 365 g/mol. The molecule has 1 aliphatic rings. The standard InChI is InChI=1S/C22H23NO4/c24-21(16-27-22(25)18-9-5-2-6-10-18)23-19-11-13-20(14-12-19)26-15-17-7-3-1-4-8-17/h1-5,7-8,11-14,18H,6,9-10,15-16H2,(H,23,24)/t18-/m1/s1. The van der Waals surface area contributed by atoms with Gasteiger partial charge in [-0.05, 0) is 49.1 Å². The molecule has 0 spiro atoms. The van der Waals surface area contributed by atoms with E-state index in [9.17, 15) is 9.59 Å². The lowest BCUT2D eigenvalue weighted by Gasteiger charge is -2.16. The van der Waals surface area contributed by atoms with Gasteiger partial charge in [0.05, 0.1) is 5.92 Å². The Morgan fingerprint density at radius 2 is 1.78 bits per heavy atom. The molecule has 0 aliphatic heterocycles. The lowest BCUT2D eigenvalue weighted by molar-refractivity contribution is -0.151. The van der Waals surface area contributed by atoms with Crippen LogP contribution < -0.4 is 10.1 Å². The molecule has 0 heterocycles. The largest absolute Gasteiger partial charge is 0.489 e. The van der Waals surface area contributed by atoms with Gasteiger partial charge in [-0.15, -0.1) is 0 Å². The number of anilines is 1. The third kappa shape index (κ3) is 5.99. The molecule has 1 N–H and O–H groups in total. The second kappa shape index (κ2) is 9.57. The number of amides is 1. The fourth-order valence-corrected chi connectivity index (χ4v) is 2.83. The van der Waals surface area contributed by atoms with Gasteiger partial charge in [0.25, 0.3) is 5.91 Å². The van der Waals surface area contributed by atoms with Crippen molar-refractivity contribution in [2.24, 2.45) is 5.92 Å². The van der Waals surface area contributed by atoms with Gasteiger partial charge in [0, 0.05) is 5.69 Å². The number of esters is 1. The molecule has 0 radical (unpaired) electrons. The molecular formula is C22H23NO4. The van der Waals surface area contributed by atoms with Crippen molar-refractivity contribution in [1.29, 1.82) is 0 Å². The highest BCUT2D eigenvalue weighted by atomic mass is 16.5. The molecule has 0 aromatic heterocycles. The van der Waals surface area contributed by atoms with Gasteiger partial charge in [-0.1, -0.05) is 42.5 Å². The van der Waals surface area contributed by atoms with Gasteiger partial charge < -0.3 is 14.8 Å². The highest BCUT2D eigenvalue weighted by Crippen LogP contribution is 2.20. The number of allylic oxidation sites excluding steroid dienone is 2. The van der Waals surface area contributed by atoms with Crippen molar-refractivity contribution in [3.8, 4) is 5.75 Å². The van der Waals surface area contributed by atoms with E-state index >= 15 is 0 Å². The Bertz CT molecular complexity index is 784. The molecule has 2 aromatic rings. The summed E-state index contributed by atoms with van der Waals surface area (Å²) in [6.07, 6.45) is 6.39. The Kier molecular flexibility index (Phi) is 6.63. The molecule has 5 nitrogen and oxygen atoms in total. The van der Waals surface area contributed by atoms with Crippen LogP contribution in [0.25, 0.3) is 0 Å². The normalized spacial score (nSPS) is 15.8. The zero-order valence-corrected chi connectivity index (χ0v) is 15.1. The molecule has 0 saturated carbocycles. The van der Waals surface area contributed by atoms with E-state index in [4.69, 9.17) is 9.47 Å². The molecule has 5 heteroatoms. The first-order valence-electron chi connectivity index (χ1n) is 9.09. The summed E-state index contributed by atoms with van der Waals surface area (Å²) in [5, 5.41) is 2.72. The molecule has 1 atom stereocenters. The fourth-order valence-electron chi connectivity index (χ4n) is 2.83. The number of nitrogens with one attached hydrogen (secondary N) is 1. The molecule has 0 fully saturated rings. The van der Waals surface area contributed by atoms with E-state index < -0.39 is 0 Å². The second-order valence-corrected chi connectivity index (χ2v) is 6.44. The minimum atomic E-state index is -0.354. The van der Waals surface area contributed by atoms with Crippen LogP contribution in [0.5, 0.6) is 5.75 Å². The van der Waals surface area contributed by atoms with Gasteiger partial charge in [-0.3, -0.25) is 9.59 Å². The van der Waals surface area contributed by atoms with E-state index in [1.165, 1.54) is 0 Å². The van der Waals surface area contributed by atoms with E-state index in [1.807, 2.05) is 36.4 Å². The Morgan fingerprint density at radius 3 is 2.48 bits per heavy atom. The number of carbonyl (C=O) groups is 2. The van der Waals surface area contributed by atoms with Crippen LogP contribution in [-0.4, -0.2) is 18.5 Å². The molecule has 0 bridgehead atoms. The van der Waals surface area contributed by atoms with Gasteiger partial charge in [-0.2, -0.15) is 0 Å². The Labute approximate surface area is 159 Å². The Hall–Kier alpha value is -3.08. The van der Waals surface area contributed by atoms with Gasteiger partial charge in [0.2, 0.25) is 0 Å². The van der Waals surface area contributed by atoms with Crippen LogP contribution in [0.2, 0.25) is 0 Å². The van der Waals surface area contributed by atoms with Crippen molar-refractivity contribution < 1.29 is 19.1 Å². The molecule has 1 amide bonds. The number of ether oxygens (including phenoxy) is 2. The molecule has 0 unspecified atom stereocenters. The summed E-state index contributed by atoms with van der Waals surface area (Å²) >= 11 is 0. The maximum absolute atomic E-state index is 12.0. The molecule has 1 aliphatic carbocycles. The second-order valence-electron chi connectivity index (χ2n) is 6.44. The summed E-state index contributed by atoms with van der Waals surface area (Å²) in [7, 11) is 0. The van der Waals surface area contributed by atoms with Gasteiger partial charge in [0.15, 0.2) is 6.61 Å². The first-order valence-corrected chi connectivity index (χ1v) is 9.09. The smallest absolute Gasteiger partial charge is 0.309 e. The molecule has 140 valence electrons. The van der Waals surface area contributed by atoms with Crippen molar-refractivity contribution in [1.82, 2.24) is 0 Å². The van der Waals surface area contributed by atoms with E-state index in [-0.39, 0.29) is 24.4 Å². The SMILES string of the molecule is O=C(COC(=O)[C@@H]1CC=CCC1)Nc1ccc(OCc2ccccc2)cc1. The number of benzene rings is 2. The van der Waals surface area contributed by atoms with E-state index in [0.717, 1.165) is 18.4 Å². The van der Waals surface area contributed by atoms with Crippen LogP contribution >= 0.6 is 0 Å². The minimum Gasteiger partial charge on any atom is -0.489 e. The minimum absolute atomic E-state index is 0.135. The van der Waals surface area contributed by atoms with E-state index in [1.54, 1.807) is 24.3 Å². The molecule has 3 rings (SSSR count). The van der Waals surface area contributed by atoms with Crippen LogP contribution in [0, 0.1) is 5.92 Å². The van der Waals surface area contributed by atoms with Gasteiger partial charge >= 0.3 is 5.97 Å². The van der Waals surface area contributed by atoms with E-state index in [0.29, 0.717) is 24.5 Å². The number of carbonyl (C=O) groups excluding carboxylic acids is 2. The lowest BCUT2D eigenvalue weighted by Crippen LogP contribution is -2.25. The van der Waals surface area contributed by atoms with Crippen LogP contribution in [0.15, 0.2) is 66.7 Å². The van der Waals surface area contributed by atoms with Crippen LogP contribution in [-0.2, 0) is 20.9 Å². The summed E-state index contributed by atoms with van der Waals surface area (Å²) in [5.41, 5.74) is 1.72. The van der Waals surface area contributed by atoms with Crippen LogP contribution in [0.1, 0.15) is 24.8 Å². The quantitative estimate of drug-likeness (QED) is 0.593. The summed E-state index contributed by atoms with van der Waals surface area (Å²) in [6.45, 7) is 0.212. The molecule has 27 heavy (non-hydrogen) atoms. The zero-order chi connectivity index (χ0) is 18.9. The first kappa shape index (κ1) is 18.7. The maximum atomic E-state index is 12.0. The predicted molar refractivity (Wildman–Crippen MR) is 103 cm³/mol. The first-order chi connectivity index (χ1) is 13.2. The summed E-state index contributed by atoms with van der Waals surface area (Å²) < 4.78 is 10.8. The fraction of sp³-hybridized carbons (Fsp3) is 0.273. The highest BCUT2D eigenvalue weighted by Gasteiger charge is 2.20. The van der Waals surface area contributed by atoms with Crippen molar-refractivity contribution in [3.63, 3.8) is 0 Å². The number of hydrogen-bond acceptors (Lipinski definition) is 4. The Morgan fingerprint density at radius 1 is 1.00 bits per heavy atom. The molecule has 0 saturated heterocycles. The summed E-state index contributed by atoms with van der Waals surface area (Å²) in [5.74, 6) is -0.0794. The number of rotatable bonds is 7.